The maximum atomic E-state index is 11.9. The normalized spacial score (nSPS) is 18.0. The molecule has 0 bridgehead atoms. The molecule has 0 saturated carbocycles. The number of carbonyl (C=O) groups is 1. The zero-order valence-electron chi connectivity index (χ0n) is 18.8. The highest BCUT2D eigenvalue weighted by Gasteiger charge is 2.41. The van der Waals surface area contributed by atoms with E-state index in [2.05, 4.69) is 70.9 Å². The van der Waals surface area contributed by atoms with Gasteiger partial charge in [0.2, 0.25) is 0 Å². The van der Waals surface area contributed by atoms with Crippen LogP contribution in [-0.2, 0) is 9.53 Å². The summed E-state index contributed by atoms with van der Waals surface area (Å²) in [5.41, 5.74) is 6.72. The Labute approximate surface area is 194 Å². The number of hydrogen-bond donors (Lipinski definition) is 1. The molecule has 0 spiro atoms. The van der Waals surface area contributed by atoms with Gasteiger partial charge < -0.3 is 19.5 Å². The van der Waals surface area contributed by atoms with Gasteiger partial charge >= 0.3 is 5.97 Å². The molecule has 1 aliphatic heterocycles. The van der Waals surface area contributed by atoms with E-state index in [1.807, 2.05) is 18.2 Å². The van der Waals surface area contributed by atoms with E-state index >= 15 is 0 Å². The van der Waals surface area contributed by atoms with E-state index in [0.29, 0.717) is 11.7 Å². The minimum atomic E-state index is -0.252. The Kier molecular flexibility index (Phi) is 6.28. The van der Waals surface area contributed by atoms with Gasteiger partial charge in [-0.2, -0.15) is 0 Å². The zero-order chi connectivity index (χ0) is 22.8. The third-order valence-electron chi connectivity index (χ3n) is 6.03. The average Bonchev–Trinajstić information content (AvgIpc) is 3.27. The highest BCUT2D eigenvalue weighted by atomic mass is 32.1. The fourth-order valence-electron chi connectivity index (χ4n) is 4.55. The number of methoxy groups -OCH3 is 1. The lowest BCUT2D eigenvalue weighted by molar-refractivity contribution is -0.140. The summed E-state index contributed by atoms with van der Waals surface area (Å²) < 4.78 is 7.14. The molecule has 1 aromatic carbocycles. The maximum Gasteiger partial charge on any atom is 0.307 e. The minimum absolute atomic E-state index is 0.0909. The van der Waals surface area contributed by atoms with Gasteiger partial charge in [-0.15, -0.1) is 0 Å². The molecular formula is C25H28N4O2S. The number of carbonyl (C=O) groups excluding carboxylic acids is 1. The van der Waals surface area contributed by atoms with Gasteiger partial charge in [-0.25, -0.2) is 0 Å². The fraction of sp³-hybridized carbons (Fsp3) is 0.320. The molecular weight excluding hydrogens is 420 g/mol. The van der Waals surface area contributed by atoms with Crippen LogP contribution in [0, 0.1) is 20.8 Å². The molecule has 1 aliphatic rings. The van der Waals surface area contributed by atoms with Crippen LogP contribution in [0.1, 0.15) is 46.7 Å². The van der Waals surface area contributed by atoms with Gasteiger partial charge in [0.15, 0.2) is 5.11 Å². The largest absolute Gasteiger partial charge is 0.469 e. The summed E-state index contributed by atoms with van der Waals surface area (Å²) in [5, 5.41) is 4.07. The van der Waals surface area contributed by atoms with Crippen LogP contribution in [0.2, 0.25) is 0 Å². The first-order chi connectivity index (χ1) is 15.4. The van der Waals surface area contributed by atoms with Crippen molar-refractivity contribution < 1.29 is 9.53 Å². The Bertz CT molecular complexity index is 1140. The van der Waals surface area contributed by atoms with Crippen molar-refractivity contribution in [3.8, 4) is 5.69 Å². The summed E-state index contributed by atoms with van der Waals surface area (Å²) >= 11 is 5.70. The lowest BCUT2D eigenvalue weighted by Gasteiger charge is -2.28. The van der Waals surface area contributed by atoms with Crippen molar-refractivity contribution >= 4 is 23.3 Å². The summed E-state index contributed by atoms with van der Waals surface area (Å²) in [5.74, 6) is -0.252. The number of hydrogen-bond acceptors (Lipinski definition) is 4. The highest BCUT2D eigenvalue weighted by Crippen LogP contribution is 2.41. The second kappa shape index (κ2) is 9.12. The minimum Gasteiger partial charge on any atom is -0.469 e. The number of aryl methyl sites for hydroxylation is 2. The topological polar surface area (TPSA) is 59.4 Å². The number of esters is 1. The van der Waals surface area contributed by atoms with E-state index in [1.165, 1.54) is 12.7 Å². The number of ether oxygens (including phenoxy) is 1. The fourth-order valence-corrected chi connectivity index (χ4v) is 4.88. The number of thiocarbonyl (C=S) groups is 1. The first kappa shape index (κ1) is 22.0. The Morgan fingerprint density at radius 2 is 1.97 bits per heavy atom. The van der Waals surface area contributed by atoms with Crippen molar-refractivity contribution in [2.24, 2.45) is 0 Å². The van der Waals surface area contributed by atoms with Gasteiger partial charge in [0.25, 0.3) is 0 Å². The highest BCUT2D eigenvalue weighted by molar-refractivity contribution is 7.80. The molecule has 7 heteroatoms. The smallest absolute Gasteiger partial charge is 0.307 e. The molecule has 1 fully saturated rings. The zero-order valence-corrected chi connectivity index (χ0v) is 19.6. The Balaban J connectivity index is 1.80. The molecule has 3 aromatic rings. The quantitative estimate of drug-likeness (QED) is 0.447. The lowest BCUT2D eigenvalue weighted by atomic mass is 9.96. The van der Waals surface area contributed by atoms with E-state index in [4.69, 9.17) is 17.0 Å². The third-order valence-corrected chi connectivity index (χ3v) is 6.38. The van der Waals surface area contributed by atoms with E-state index in [0.717, 1.165) is 28.3 Å². The van der Waals surface area contributed by atoms with Crippen molar-refractivity contribution in [1.29, 1.82) is 0 Å². The Morgan fingerprint density at radius 1 is 1.16 bits per heavy atom. The van der Waals surface area contributed by atoms with E-state index in [-0.39, 0.29) is 24.5 Å². The molecule has 0 aliphatic carbocycles. The molecule has 3 heterocycles. The molecule has 6 nitrogen and oxygen atoms in total. The van der Waals surface area contributed by atoms with Gasteiger partial charge in [-0.1, -0.05) is 18.2 Å². The van der Waals surface area contributed by atoms with Crippen LogP contribution in [0.25, 0.3) is 5.69 Å². The summed E-state index contributed by atoms with van der Waals surface area (Å²) in [6.07, 6.45) is 2.06. The molecule has 2 atom stereocenters. The number of benzene rings is 1. The predicted molar refractivity (Wildman–Crippen MR) is 129 cm³/mol. The van der Waals surface area contributed by atoms with Crippen LogP contribution in [-0.4, -0.2) is 39.2 Å². The first-order valence-electron chi connectivity index (χ1n) is 10.7. The molecule has 166 valence electrons. The predicted octanol–water partition coefficient (Wildman–Crippen LogP) is 4.33. The van der Waals surface area contributed by atoms with Gasteiger partial charge in [-0.05, 0) is 74.4 Å². The third kappa shape index (κ3) is 4.12. The number of pyridine rings is 1. The van der Waals surface area contributed by atoms with Crippen LogP contribution in [0.3, 0.4) is 0 Å². The summed E-state index contributed by atoms with van der Waals surface area (Å²) in [6, 6.07) is 16.4. The van der Waals surface area contributed by atoms with Gasteiger partial charge in [-0.3, -0.25) is 9.78 Å². The van der Waals surface area contributed by atoms with Crippen LogP contribution >= 0.6 is 12.2 Å². The van der Waals surface area contributed by atoms with Gasteiger partial charge in [0.1, 0.15) is 0 Å². The molecule has 4 rings (SSSR count). The Hall–Kier alpha value is -3.19. The van der Waals surface area contributed by atoms with Crippen molar-refractivity contribution in [2.75, 3.05) is 13.7 Å². The molecule has 1 N–H and O–H groups in total. The number of rotatable bonds is 6. The van der Waals surface area contributed by atoms with Crippen LogP contribution in [0.5, 0.6) is 0 Å². The van der Waals surface area contributed by atoms with E-state index in [1.54, 1.807) is 6.20 Å². The van der Waals surface area contributed by atoms with Crippen LogP contribution < -0.4 is 5.32 Å². The summed E-state index contributed by atoms with van der Waals surface area (Å²) in [4.78, 5) is 18.6. The SMILES string of the molecule is COC(=O)CCN1C(=S)NC(c2ccccn2)C1c1cc(C)n(-c2cccc(C)c2)c1C. The molecule has 1 saturated heterocycles. The standard InChI is InChI=1S/C25H28N4O2S/c1-16-8-7-9-19(14-16)29-17(2)15-20(18(29)3)24-23(21-10-5-6-12-26-21)27-25(32)28(24)13-11-22(30)31-4/h5-10,12,14-15,23-24H,11,13H2,1-4H3,(H,27,32). The monoisotopic (exact) mass is 448 g/mol. The molecule has 0 radical (unpaired) electrons. The van der Waals surface area contributed by atoms with Crippen molar-refractivity contribution in [3.05, 3.63) is 82.9 Å². The molecule has 2 unspecified atom stereocenters. The lowest BCUT2D eigenvalue weighted by Crippen LogP contribution is -2.32. The Morgan fingerprint density at radius 3 is 2.66 bits per heavy atom. The molecule has 0 amide bonds. The summed E-state index contributed by atoms with van der Waals surface area (Å²) in [7, 11) is 1.41. The summed E-state index contributed by atoms with van der Waals surface area (Å²) in [6.45, 7) is 6.83. The average molecular weight is 449 g/mol. The van der Waals surface area contributed by atoms with Crippen molar-refractivity contribution in [2.45, 2.75) is 39.3 Å². The number of nitrogens with zero attached hydrogens (tertiary/aromatic N) is 3. The van der Waals surface area contributed by atoms with Gasteiger partial charge in [0.05, 0.1) is 31.3 Å². The van der Waals surface area contributed by atoms with E-state index in [9.17, 15) is 4.79 Å². The maximum absolute atomic E-state index is 11.9. The van der Waals surface area contributed by atoms with Crippen LogP contribution in [0.15, 0.2) is 54.7 Å². The first-order valence-corrected chi connectivity index (χ1v) is 11.1. The van der Waals surface area contributed by atoms with E-state index < -0.39 is 0 Å². The van der Waals surface area contributed by atoms with Crippen molar-refractivity contribution in [1.82, 2.24) is 19.8 Å². The van der Waals surface area contributed by atoms with Crippen LogP contribution in [0.4, 0.5) is 0 Å². The molecule has 32 heavy (non-hydrogen) atoms. The number of aromatic nitrogens is 2. The second-order valence-electron chi connectivity index (χ2n) is 8.15. The second-order valence-corrected chi connectivity index (χ2v) is 8.53. The number of nitrogens with one attached hydrogen (secondary N) is 1. The van der Waals surface area contributed by atoms with Gasteiger partial charge in [0, 0.05) is 29.8 Å². The van der Waals surface area contributed by atoms with Crippen molar-refractivity contribution in [3.63, 3.8) is 0 Å². The molecule has 2 aromatic heterocycles.